The summed E-state index contributed by atoms with van der Waals surface area (Å²) in [5, 5.41) is 3.14. The maximum absolute atomic E-state index is 12.7. The molecule has 2 amide bonds. The molecule has 1 aromatic carbocycles. The van der Waals surface area contributed by atoms with Crippen molar-refractivity contribution in [3.63, 3.8) is 0 Å². The first-order valence-electron chi connectivity index (χ1n) is 7.54. The highest BCUT2D eigenvalue weighted by molar-refractivity contribution is 14.1. The second-order valence-electron chi connectivity index (χ2n) is 5.19. The van der Waals surface area contributed by atoms with Crippen LogP contribution in [0, 0.1) is 3.57 Å². The Balaban J connectivity index is 1.73. The lowest BCUT2D eigenvalue weighted by molar-refractivity contribution is 0.0735. The van der Waals surface area contributed by atoms with Gasteiger partial charge in [-0.05, 0) is 41.6 Å². The van der Waals surface area contributed by atoms with Gasteiger partial charge >= 0.3 is 6.09 Å². The second kappa shape index (κ2) is 7.47. The molecule has 0 aliphatic carbocycles. The van der Waals surface area contributed by atoms with Crippen LogP contribution in [0.3, 0.4) is 0 Å². The van der Waals surface area contributed by atoms with Gasteiger partial charge < -0.3 is 9.64 Å². The van der Waals surface area contributed by atoms with Gasteiger partial charge in [-0.25, -0.2) is 9.78 Å². The number of hydrogen-bond donors (Lipinski definition) is 1. The lowest BCUT2D eigenvalue weighted by Crippen LogP contribution is -2.35. The molecule has 126 valence electrons. The van der Waals surface area contributed by atoms with Crippen LogP contribution < -0.4 is 5.32 Å². The maximum atomic E-state index is 12.7. The van der Waals surface area contributed by atoms with E-state index in [0.29, 0.717) is 31.2 Å². The molecule has 0 unspecified atom stereocenters. The molecule has 8 heteroatoms. The van der Waals surface area contributed by atoms with Crippen molar-refractivity contribution in [2.24, 2.45) is 0 Å². The van der Waals surface area contributed by atoms with E-state index in [4.69, 9.17) is 4.74 Å². The van der Waals surface area contributed by atoms with Gasteiger partial charge in [-0.3, -0.25) is 10.1 Å². The van der Waals surface area contributed by atoms with E-state index >= 15 is 0 Å². The predicted molar refractivity (Wildman–Crippen MR) is 100 cm³/mol. The highest BCUT2D eigenvalue weighted by Crippen LogP contribution is 2.29. The van der Waals surface area contributed by atoms with Crippen LogP contribution in [0.2, 0.25) is 0 Å². The van der Waals surface area contributed by atoms with Gasteiger partial charge in [0.1, 0.15) is 0 Å². The fourth-order valence-corrected chi connectivity index (χ4v) is 4.11. The van der Waals surface area contributed by atoms with E-state index in [-0.39, 0.29) is 5.91 Å². The topological polar surface area (TPSA) is 71.5 Å². The van der Waals surface area contributed by atoms with E-state index in [1.807, 2.05) is 29.2 Å². The van der Waals surface area contributed by atoms with Crippen molar-refractivity contribution in [2.45, 2.75) is 19.9 Å². The molecular formula is C16H16IN3O3S. The number of thiazole rings is 1. The fraction of sp³-hybridized carbons (Fsp3) is 0.312. The molecule has 1 aliphatic heterocycles. The van der Waals surface area contributed by atoms with Crippen molar-refractivity contribution in [1.82, 2.24) is 9.88 Å². The fourth-order valence-electron chi connectivity index (χ4n) is 2.48. The van der Waals surface area contributed by atoms with Crippen molar-refractivity contribution in [2.75, 3.05) is 18.5 Å². The van der Waals surface area contributed by atoms with E-state index in [0.717, 1.165) is 19.7 Å². The quantitative estimate of drug-likeness (QED) is 0.717. The zero-order valence-corrected chi connectivity index (χ0v) is 16.0. The summed E-state index contributed by atoms with van der Waals surface area (Å²) in [6.45, 7) is 3.20. The smallest absolute Gasteiger partial charge is 0.413 e. The molecule has 2 aromatic rings. The highest BCUT2D eigenvalue weighted by atomic mass is 127. The van der Waals surface area contributed by atoms with Crippen LogP contribution in [0.25, 0.3) is 0 Å². The van der Waals surface area contributed by atoms with Crippen molar-refractivity contribution >= 4 is 51.1 Å². The van der Waals surface area contributed by atoms with Gasteiger partial charge in [0.05, 0.1) is 24.4 Å². The molecule has 1 aliphatic rings. The summed E-state index contributed by atoms with van der Waals surface area (Å²) in [6, 6.07) is 7.57. The van der Waals surface area contributed by atoms with E-state index in [1.165, 1.54) is 11.3 Å². The number of rotatable bonds is 3. The van der Waals surface area contributed by atoms with Crippen LogP contribution >= 0.6 is 33.9 Å². The van der Waals surface area contributed by atoms with Gasteiger partial charge in [0.2, 0.25) is 0 Å². The summed E-state index contributed by atoms with van der Waals surface area (Å²) >= 11 is 3.57. The third kappa shape index (κ3) is 3.69. The van der Waals surface area contributed by atoms with Crippen LogP contribution in [0.4, 0.5) is 9.93 Å². The molecule has 24 heavy (non-hydrogen) atoms. The molecule has 0 saturated carbocycles. The van der Waals surface area contributed by atoms with Gasteiger partial charge in [0.15, 0.2) is 5.13 Å². The van der Waals surface area contributed by atoms with Gasteiger partial charge in [-0.2, -0.15) is 0 Å². The first-order valence-corrected chi connectivity index (χ1v) is 9.44. The summed E-state index contributed by atoms with van der Waals surface area (Å²) in [4.78, 5) is 31.5. The Kier molecular flexibility index (Phi) is 5.34. The molecule has 0 bridgehead atoms. The molecule has 0 spiro atoms. The molecule has 0 radical (unpaired) electrons. The minimum absolute atomic E-state index is 0.0268. The zero-order chi connectivity index (χ0) is 17.1. The van der Waals surface area contributed by atoms with Gasteiger partial charge in [-0.1, -0.05) is 23.5 Å². The lowest BCUT2D eigenvalue weighted by Gasteiger charge is -2.26. The van der Waals surface area contributed by atoms with Crippen LogP contribution in [0.1, 0.15) is 27.9 Å². The Morgan fingerprint density at radius 3 is 2.96 bits per heavy atom. The van der Waals surface area contributed by atoms with E-state index < -0.39 is 6.09 Å². The Morgan fingerprint density at radius 2 is 2.21 bits per heavy atom. The van der Waals surface area contributed by atoms with Crippen molar-refractivity contribution in [3.05, 3.63) is 44.0 Å². The Bertz CT molecular complexity index is 778. The molecule has 2 heterocycles. The van der Waals surface area contributed by atoms with Crippen molar-refractivity contribution in [1.29, 1.82) is 0 Å². The number of amides is 2. The second-order valence-corrected chi connectivity index (χ2v) is 7.44. The average molecular weight is 457 g/mol. The number of hydrogen-bond acceptors (Lipinski definition) is 5. The van der Waals surface area contributed by atoms with Crippen LogP contribution in [0.5, 0.6) is 0 Å². The number of nitrogens with one attached hydrogen (secondary N) is 1. The largest absolute Gasteiger partial charge is 0.450 e. The number of aromatic nitrogens is 1. The van der Waals surface area contributed by atoms with Crippen molar-refractivity contribution in [3.8, 4) is 0 Å². The maximum Gasteiger partial charge on any atom is 0.413 e. The third-order valence-electron chi connectivity index (χ3n) is 3.61. The lowest BCUT2D eigenvalue weighted by atomic mass is 10.1. The number of carbonyl (C=O) groups excluding carboxylic acids is 2. The van der Waals surface area contributed by atoms with E-state index in [2.05, 4.69) is 32.9 Å². The first kappa shape index (κ1) is 17.2. The summed E-state index contributed by atoms with van der Waals surface area (Å²) in [5.74, 6) is 0.0268. The number of halogens is 1. The summed E-state index contributed by atoms with van der Waals surface area (Å²) < 4.78 is 5.80. The number of ether oxygens (including phenoxy) is 1. The molecule has 0 fully saturated rings. The van der Waals surface area contributed by atoms with Crippen molar-refractivity contribution < 1.29 is 14.3 Å². The Morgan fingerprint density at radius 1 is 1.42 bits per heavy atom. The Hall–Kier alpha value is -1.68. The summed E-state index contributed by atoms with van der Waals surface area (Å²) in [5.41, 5.74) is 1.66. The SMILES string of the molecule is CCOC(=O)Nc1nc2c(s1)CN(C(=O)c1ccccc1I)CC2. The standard InChI is InChI=1S/C16H16IN3O3S/c1-2-23-16(22)19-15-18-12-7-8-20(9-13(12)24-15)14(21)10-5-3-4-6-11(10)17/h3-6H,2,7-9H2,1H3,(H,18,19,22). The van der Waals surface area contributed by atoms with Crippen LogP contribution in [0.15, 0.2) is 24.3 Å². The molecule has 3 rings (SSSR count). The molecule has 6 nitrogen and oxygen atoms in total. The zero-order valence-electron chi connectivity index (χ0n) is 13.0. The van der Waals surface area contributed by atoms with Gasteiger partial charge in [-0.15, -0.1) is 0 Å². The van der Waals surface area contributed by atoms with Gasteiger partial charge in [0.25, 0.3) is 5.91 Å². The summed E-state index contributed by atoms with van der Waals surface area (Å²) in [7, 11) is 0. The molecule has 0 atom stereocenters. The molecule has 1 N–H and O–H groups in total. The minimum Gasteiger partial charge on any atom is -0.450 e. The molecule has 1 aromatic heterocycles. The average Bonchev–Trinajstić information content (AvgIpc) is 2.96. The van der Waals surface area contributed by atoms with Gasteiger partial charge in [0, 0.05) is 21.4 Å². The minimum atomic E-state index is -0.504. The molecule has 0 saturated heterocycles. The highest BCUT2D eigenvalue weighted by Gasteiger charge is 2.26. The Labute approximate surface area is 157 Å². The predicted octanol–water partition coefficient (Wildman–Crippen LogP) is 3.51. The summed E-state index contributed by atoms with van der Waals surface area (Å²) in [6.07, 6.45) is 0.182. The number of benzene rings is 1. The normalized spacial score (nSPS) is 13.3. The first-order chi connectivity index (χ1) is 11.6. The monoisotopic (exact) mass is 457 g/mol. The third-order valence-corrected chi connectivity index (χ3v) is 5.55. The van der Waals surface area contributed by atoms with Crippen LogP contribution in [-0.4, -0.2) is 35.0 Å². The number of anilines is 1. The molecular weight excluding hydrogens is 441 g/mol. The number of fused-ring (bicyclic) bond motifs is 1. The van der Waals surface area contributed by atoms with Crippen LogP contribution in [-0.2, 0) is 17.7 Å². The van der Waals surface area contributed by atoms with E-state index in [9.17, 15) is 9.59 Å². The number of carbonyl (C=O) groups is 2. The number of nitrogens with zero attached hydrogens (tertiary/aromatic N) is 2. The van der Waals surface area contributed by atoms with E-state index in [1.54, 1.807) is 6.92 Å².